The SMILES string of the molecule is C=C(C)CN1CCC(NC(=O)NCc2ccccc2CO)CC1. The Morgan fingerprint density at radius 1 is 1.30 bits per heavy atom. The Morgan fingerprint density at radius 2 is 1.96 bits per heavy atom. The number of hydrogen-bond acceptors (Lipinski definition) is 3. The van der Waals surface area contributed by atoms with Crippen molar-refractivity contribution in [2.24, 2.45) is 0 Å². The molecule has 1 fully saturated rings. The highest BCUT2D eigenvalue weighted by molar-refractivity contribution is 5.74. The molecule has 0 atom stereocenters. The lowest BCUT2D eigenvalue weighted by molar-refractivity contribution is 0.201. The highest BCUT2D eigenvalue weighted by atomic mass is 16.3. The Balaban J connectivity index is 1.72. The molecule has 126 valence electrons. The summed E-state index contributed by atoms with van der Waals surface area (Å²) in [4.78, 5) is 14.4. The van der Waals surface area contributed by atoms with E-state index in [0.29, 0.717) is 6.54 Å². The van der Waals surface area contributed by atoms with Gasteiger partial charge in [0.25, 0.3) is 0 Å². The van der Waals surface area contributed by atoms with Crippen molar-refractivity contribution in [3.05, 3.63) is 47.5 Å². The number of hydrogen-bond donors (Lipinski definition) is 3. The van der Waals surface area contributed by atoms with Gasteiger partial charge in [0.15, 0.2) is 0 Å². The Hall–Kier alpha value is -1.85. The number of rotatable bonds is 6. The molecular weight excluding hydrogens is 290 g/mol. The van der Waals surface area contributed by atoms with Crippen LogP contribution >= 0.6 is 0 Å². The number of carbonyl (C=O) groups is 1. The highest BCUT2D eigenvalue weighted by Crippen LogP contribution is 2.12. The molecule has 1 aromatic rings. The van der Waals surface area contributed by atoms with E-state index in [2.05, 4.69) is 22.1 Å². The highest BCUT2D eigenvalue weighted by Gasteiger charge is 2.20. The van der Waals surface area contributed by atoms with E-state index in [1.165, 1.54) is 5.57 Å². The molecule has 1 saturated heterocycles. The summed E-state index contributed by atoms with van der Waals surface area (Å²) in [5.41, 5.74) is 2.97. The Kier molecular flexibility index (Phi) is 6.62. The van der Waals surface area contributed by atoms with E-state index in [9.17, 15) is 9.90 Å². The van der Waals surface area contributed by atoms with Gasteiger partial charge in [-0.2, -0.15) is 0 Å². The van der Waals surface area contributed by atoms with Crippen molar-refractivity contribution in [2.45, 2.75) is 39.0 Å². The third kappa shape index (κ3) is 5.69. The van der Waals surface area contributed by atoms with E-state index in [1.54, 1.807) is 0 Å². The number of aliphatic hydroxyl groups is 1. The molecule has 2 rings (SSSR count). The van der Waals surface area contributed by atoms with E-state index >= 15 is 0 Å². The number of carbonyl (C=O) groups excluding carboxylic acids is 1. The first kappa shape index (κ1) is 17.5. The van der Waals surface area contributed by atoms with Crippen LogP contribution in [0.1, 0.15) is 30.9 Å². The molecule has 3 N–H and O–H groups in total. The number of amides is 2. The molecule has 1 heterocycles. The van der Waals surface area contributed by atoms with Crippen molar-refractivity contribution in [2.75, 3.05) is 19.6 Å². The molecule has 5 heteroatoms. The van der Waals surface area contributed by atoms with E-state index < -0.39 is 0 Å². The largest absolute Gasteiger partial charge is 0.392 e. The van der Waals surface area contributed by atoms with Gasteiger partial charge in [-0.25, -0.2) is 4.79 Å². The maximum Gasteiger partial charge on any atom is 0.315 e. The molecular formula is C18H27N3O2. The third-order valence-electron chi connectivity index (χ3n) is 4.14. The minimum Gasteiger partial charge on any atom is -0.392 e. The van der Waals surface area contributed by atoms with Crippen LogP contribution in [0.3, 0.4) is 0 Å². The van der Waals surface area contributed by atoms with E-state index in [4.69, 9.17) is 0 Å². The average Bonchev–Trinajstić information content (AvgIpc) is 2.54. The summed E-state index contributed by atoms with van der Waals surface area (Å²) in [6, 6.07) is 7.66. The zero-order chi connectivity index (χ0) is 16.7. The smallest absolute Gasteiger partial charge is 0.315 e. The lowest BCUT2D eigenvalue weighted by Crippen LogP contribution is -2.48. The van der Waals surface area contributed by atoms with E-state index in [-0.39, 0.29) is 18.7 Å². The molecule has 0 radical (unpaired) electrons. The van der Waals surface area contributed by atoms with E-state index in [1.807, 2.05) is 31.2 Å². The monoisotopic (exact) mass is 317 g/mol. The average molecular weight is 317 g/mol. The van der Waals surface area contributed by atoms with Gasteiger partial charge in [0, 0.05) is 32.2 Å². The molecule has 23 heavy (non-hydrogen) atoms. The Bertz CT molecular complexity index is 537. The predicted octanol–water partition coefficient (Wildman–Crippen LogP) is 2.02. The molecule has 1 aliphatic heterocycles. The van der Waals surface area contributed by atoms with Crippen LogP contribution in [0.5, 0.6) is 0 Å². The number of nitrogens with zero attached hydrogens (tertiary/aromatic N) is 1. The summed E-state index contributed by atoms with van der Waals surface area (Å²) in [6.07, 6.45) is 1.93. The van der Waals surface area contributed by atoms with Gasteiger partial charge in [-0.15, -0.1) is 0 Å². The van der Waals surface area contributed by atoms with Gasteiger partial charge in [0.05, 0.1) is 6.61 Å². The summed E-state index contributed by atoms with van der Waals surface area (Å²) < 4.78 is 0. The number of benzene rings is 1. The molecule has 5 nitrogen and oxygen atoms in total. The number of likely N-dealkylation sites (tertiary alicyclic amines) is 1. The van der Waals surface area contributed by atoms with Gasteiger partial charge in [-0.1, -0.05) is 36.4 Å². The minimum absolute atomic E-state index is 0.0132. The van der Waals surface area contributed by atoms with Crippen LogP contribution in [0.4, 0.5) is 4.79 Å². The van der Waals surface area contributed by atoms with Crippen LogP contribution in [0.25, 0.3) is 0 Å². The van der Waals surface area contributed by atoms with Crippen molar-refractivity contribution in [1.29, 1.82) is 0 Å². The fourth-order valence-electron chi connectivity index (χ4n) is 2.91. The molecule has 0 bridgehead atoms. The zero-order valence-electron chi connectivity index (χ0n) is 13.8. The summed E-state index contributed by atoms with van der Waals surface area (Å²) in [5, 5.41) is 15.2. The van der Waals surface area contributed by atoms with Gasteiger partial charge in [0.2, 0.25) is 0 Å². The van der Waals surface area contributed by atoms with Crippen LogP contribution in [0, 0.1) is 0 Å². The number of nitrogens with one attached hydrogen (secondary N) is 2. The van der Waals surface area contributed by atoms with E-state index in [0.717, 1.165) is 43.6 Å². The maximum atomic E-state index is 12.0. The van der Waals surface area contributed by atoms with Gasteiger partial charge < -0.3 is 15.7 Å². The molecule has 0 unspecified atom stereocenters. The van der Waals surface area contributed by atoms with Crippen molar-refractivity contribution in [1.82, 2.24) is 15.5 Å². The minimum atomic E-state index is -0.143. The van der Waals surface area contributed by atoms with Crippen LogP contribution in [-0.2, 0) is 13.2 Å². The molecule has 0 saturated carbocycles. The second kappa shape index (κ2) is 8.70. The first-order valence-corrected chi connectivity index (χ1v) is 8.17. The molecule has 1 aromatic carbocycles. The number of aliphatic hydroxyl groups excluding tert-OH is 1. The second-order valence-electron chi connectivity index (χ2n) is 6.26. The summed E-state index contributed by atoms with van der Waals surface area (Å²) >= 11 is 0. The van der Waals surface area contributed by atoms with Crippen LogP contribution in [-0.4, -0.2) is 41.7 Å². The third-order valence-corrected chi connectivity index (χ3v) is 4.14. The summed E-state index contributed by atoms with van der Waals surface area (Å²) in [5.74, 6) is 0. The molecule has 0 aliphatic carbocycles. The Labute approximate surface area is 138 Å². The van der Waals surface area contributed by atoms with Crippen LogP contribution in [0.15, 0.2) is 36.4 Å². The lowest BCUT2D eigenvalue weighted by Gasteiger charge is -2.32. The first-order chi connectivity index (χ1) is 11.1. The zero-order valence-corrected chi connectivity index (χ0v) is 13.8. The van der Waals surface area contributed by atoms with Crippen LogP contribution < -0.4 is 10.6 Å². The van der Waals surface area contributed by atoms with Crippen molar-refractivity contribution >= 4 is 6.03 Å². The van der Waals surface area contributed by atoms with Gasteiger partial charge in [0.1, 0.15) is 0 Å². The molecule has 2 amide bonds. The van der Waals surface area contributed by atoms with Crippen LogP contribution in [0.2, 0.25) is 0 Å². The van der Waals surface area contributed by atoms with Gasteiger partial charge >= 0.3 is 6.03 Å². The fourth-order valence-corrected chi connectivity index (χ4v) is 2.91. The Morgan fingerprint density at radius 3 is 2.57 bits per heavy atom. The normalized spacial score (nSPS) is 16.1. The van der Waals surface area contributed by atoms with Crippen molar-refractivity contribution in [3.8, 4) is 0 Å². The number of urea groups is 1. The van der Waals surface area contributed by atoms with Gasteiger partial charge in [-0.05, 0) is 30.9 Å². The van der Waals surface area contributed by atoms with Gasteiger partial charge in [-0.3, -0.25) is 4.90 Å². The first-order valence-electron chi connectivity index (χ1n) is 8.17. The van der Waals surface area contributed by atoms with Crippen molar-refractivity contribution < 1.29 is 9.90 Å². The topological polar surface area (TPSA) is 64.6 Å². The standard InChI is InChI=1S/C18H27N3O2/c1-14(2)12-21-9-7-17(8-10-21)20-18(23)19-11-15-5-3-4-6-16(15)13-22/h3-6,17,22H,1,7-13H2,2H3,(H2,19,20,23). The quantitative estimate of drug-likeness (QED) is 0.703. The summed E-state index contributed by atoms with van der Waals surface area (Å²) in [6.45, 7) is 9.33. The molecule has 1 aliphatic rings. The van der Waals surface area contributed by atoms with Crippen molar-refractivity contribution in [3.63, 3.8) is 0 Å². The summed E-state index contributed by atoms with van der Waals surface area (Å²) in [7, 11) is 0. The number of piperidine rings is 1. The maximum absolute atomic E-state index is 12.0. The molecule has 0 spiro atoms. The second-order valence-corrected chi connectivity index (χ2v) is 6.26. The molecule has 0 aromatic heterocycles. The fraction of sp³-hybridized carbons (Fsp3) is 0.500. The predicted molar refractivity (Wildman–Crippen MR) is 92.0 cm³/mol. The lowest BCUT2D eigenvalue weighted by atomic mass is 10.0.